The summed E-state index contributed by atoms with van der Waals surface area (Å²) in [6.07, 6.45) is 1.84. The van der Waals surface area contributed by atoms with Gasteiger partial charge < -0.3 is 10.1 Å². The Morgan fingerprint density at radius 3 is 2.83 bits per heavy atom. The van der Waals surface area contributed by atoms with Crippen LogP contribution >= 0.6 is 11.6 Å². The first kappa shape index (κ1) is 12.8. The summed E-state index contributed by atoms with van der Waals surface area (Å²) in [5, 5.41) is 10.6. The molecule has 2 N–H and O–H groups in total. The fourth-order valence-corrected chi connectivity index (χ4v) is 1.77. The second kappa shape index (κ2) is 5.78. The molecule has 5 heteroatoms. The van der Waals surface area contributed by atoms with Gasteiger partial charge in [-0.1, -0.05) is 11.6 Å². The number of hydrogen-bond donors (Lipinski definition) is 2. The highest BCUT2D eigenvalue weighted by Crippen LogP contribution is 2.28. The van der Waals surface area contributed by atoms with Gasteiger partial charge in [-0.05, 0) is 38.1 Å². The molecule has 0 saturated heterocycles. The zero-order chi connectivity index (χ0) is 13.0. The number of aromatic nitrogens is 2. The fraction of sp³-hybridized carbons (Fsp3) is 0.308. The molecule has 0 fully saturated rings. The molecule has 0 atom stereocenters. The van der Waals surface area contributed by atoms with Crippen LogP contribution in [0.5, 0.6) is 5.75 Å². The maximum atomic E-state index is 6.15. The Kier molecular flexibility index (Phi) is 4.10. The Bertz CT molecular complexity index is 497. The fourth-order valence-electron chi connectivity index (χ4n) is 1.54. The second-order valence-electron chi connectivity index (χ2n) is 4.25. The first-order valence-electron chi connectivity index (χ1n) is 5.83. The minimum atomic E-state index is 0.117. The van der Waals surface area contributed by atoms with Gasteiger partial charge in [-0.15, -0.1) is 0 Å². The van der Waals surface area contributed by atoms with Crippen molar-refractivity contribution in [2.24, 2.45) is 0 Å². The predicted octanol–water partition coefficient (Wildman–Crippen LogP) is 3.46. The monoisotopic (exact) mass is 265 g/mol. The van der Waals surface area contributed by atoms with Crippen molar-refractivity contribution < 1.29 is 4.74 Å². The molecule has 0 aliphatic heterocycles. The Morgan fingerprint density at radius 2 is 2.22 bits per heavy atom. The lowest BCUT2D eigenvalue weighted by Crippen LogP contribution is -2.06. The third-order valence-electron chi connectivity index (χ3n) is 2.34. The number of rotatable bonds is 5. The summed E-state index contributed by atoms with van der Waals surface area (Å²) < 4.78 is 5.57. The molecule has 18 heavy (non-hydrogen) atoms. The Labute approximate surface area is 111 Å². The highest BCUT2D eigenvalue weighted by atomic mass is 35.5. The molecule has 96 valence electrons. The van der Waals surface area contributed by atoms with Crippen molar-refractivity contribution in [3.05, 3.63) is 41.2 Å². The summed E-state index contributed by atoms with van der Waals surface area (Å²) in [6.45, 7) is 4.63. The molecule has 0 aliphatic rings. The quantitative estimate of drug-likeness (QED) is 0.870. The topological polar surface area (TPSA) is 49.9 Å². The van der Waals surface area contributed by atoms with Gasteiger partial charge in [-0.25, -0.2) is 0 Å². The zero-order valence-corrected chi connectivity index (χ0v) is 11.2. The number of H-pyrrole nitrogens is 1. The van der Waals surface area contributed by atoms with Gasteiger partial charge >= 0.3 is 0 Å². The summed E-state index contributed by atoms with van der Waals surface area (Å²) >= 11 is 6.15. The van der Waals surface area contributed by atoms with E-state index in [1.807, 2.05) is 38.1 Å². The van der Waals surface area contributed by atoms with Gasteiger partial charge in [-0.3, -0.25) is 5.10 Å². The largest absolute Gasteiger partial charge is 0.489 e. The van der Waals surface area contributed by atoms with Crippen LogP contribution in [0, 0.1) is 0 Å². The van der Waals surface area contributed by atoms with E-state index in [0.717, 1.165) is 11.4 Å². The van der Waals surface area contributed by atoms with E-state index >= 15 is 0 Å². The lowest BCUT2D eigenvalue weighted by Gasteiger charge is -2.12. The molecule has 0 aliphatic carbocycles. The average molecular weight is 266 g/mol. The zero-order valence-electron chi connectivity index (χ0n) is 10.4. The molecular formula is C13H16ClN3O. The van der Waals surface area contributed by atoms with E-state index in [1.165, 1.54) is 0 Å². The van der Waals surface area contributed by atoms with Gasteiger partial charge in [0.2, 0.25) is 0 Å². The lowest BCUT2D eigenvalue weighted by molar-refractivity contribution is 0.242. The molecule has 0 unspecified atom stereocenters. The third kappa shape index (κ3) is 3.40. The van der Waals surface area contributed by atoms with Crippen LogP contribution in [0.25, 0.3) is 0 Å². The van der Waals surface area contributed by atoms with Crippen molar-refractivity contribution in [2.45, 2.75) is 26.5 Å². The molecule has 0 spiro atoms. The Balaban J connectivity index is 2.00. The molecule has 0 radical (unpaired) electrons. The standard InChI is InChI=1S/C13H16ClN3O/c1-9(2)18-13-4-3-10(7-12(13)14)15-8-11-5-6-16-17-11/h3-7,9,15H,8H2,1-2H3,(H,16,17). The molecule has 0 bridgehead atoms. The molecule has 2 aromatic rings. The second-order valence-corrected chi connectivity index (χ2v) is 4.65. The van der Waals surface area contributed by atoms with E-state index in [1.54, 1.807) is 6.20 Å². The van der Waals surface area contributed by atoms with Gasteiger partial charge in [0.15, 0.2) is 0 Å². The van der Waals surface area contributed by atoms with Crippen LogP contribution in [0.1, 0.15) is 19.5 Å². The van der Waals surface area contributed by atoms with E-state index in [9.17, 15) is 0 Å². The third-order valence-corrected chi connectivity index (χ3v) is 2.63. The van der Waals surface area contributed by atoms with Crippen molar-refractivity contribution in [3.63, 3.8) is 0 Å². The SMILES string of the molecule is CC(C)Oc1ccc(NCc2ccn[nH]2)cc1Cl. The van der Waals surface area contributed by atoms with Crippen LogP contribution < -0.4 is 10.1 Å². The van der Waals surface area contributed by atoms with Crippen LogP contribution in [0.4, 0.5) is 5.69 Å². The van der Waals surface area contributed by atoms with Gasteiger partial charge in [0.05, 0.1) is 23.4 Å². The minimum Gasteiger partial charge on any atom is -0.489 e. The number of benzene rings is 1. The number of aromatic amines is 1. The van der Waals surface area contributed by atoms with E-state index in [-0.39, 0.29) is 6.10 Å². The summed E-state index contributed by atoms with van der Waals surface area (Å²) in [7, 11) is 0. The number of halogens is 1. The molecule has 0 saturated carbocycles. The summed E-state index contributed by atoms with van der Waals surface area (Å²) in [5.41, 5.74) is 1.97. The number of hydrogen-bond acceptors (Lipinski definition) is 3. The Morgan fingerprint density at radius 1 is 1.39 bits per heavy atom. The van der Waals surface area contributed by atoms with E-state index in [0.29, 0.717) is 17.3 Å². The van der Waals surface area contributed by atoms with Crippen molar-refractivity contribution in [2.75, 3.05) is 5.32 Å². The van der Waals surface area contributed by atoms with Crippen molar-refractivity contribution in [1.82, 2.24) is 10.2 Å². The molecule has 1 aromatic heterocycles. The maximum Gasteiger partial charge on any atom is 0.138 e. The normalized spacial score (nSPS) is 10.7. The first-order chi connectivity index (χ1) is 8.65. The molecule has 1 aromatic carbocycles. The summed E-state index contributed by atoms with van der Waals surface area (Å²) in [5.74, 6) is 0.707. The average Bonchev–Trinajstić information content (AvgIpc) is 2.82. The molecule has 0 amide bonds. The van der Waals surface area contributed by atoms with E-state index in [4.69, 9.17) is 16.3 Å². The highest BCUT2D eigenvalue weighted by molar-refractivity contribution is 6.32. The van der Waals surface area contributed by atoms with E-state index < -0.39 is 0 Å². The molecule has 4 nitrogen and oxygen atoms in total. The minimum absolute atomic E-state index is 0.117. The molecule has 2 rings (SSSR count). The van der Waals surface area contributed by atoms with Crippen LogP contribution in [0.2, 0.25) is 5.02 Å². The number of nitrogens with one attached hydrogen (secondary N) is 2. The van der Waals surface area contributed by atoms with Crippen molar-refractivity contribution in [1.29, 1.82) is 0 Å². The summed E-state index contributed by atoms with van der Waals surface area (Å²) in [4.78, 5) is 0. The summed E-state index contributed by atoms with van der Waals surface area (Å²) in [6, 6.07) is 7.60. The number of ether oxygens (including phenoxy) is 1. The van der Waals surface area contributed by atoms with Gasteiger partial charge in [-0.2, -0.15) is 5.10 Å². The van der Waals surface area contributed by atoms with Crippen LogP contribution in [0.15, 0.2) is 30.5 Å². The lowest BCUT2D eigenvalue weighted by atomic mass is 10.3. The highest BCUT2D eigenvalue weighted by Gasteiger charge is 2.05. The van der Waals surface area contributed by atoms with Gasteiger partial charge in [0, 0.05) is 11.9 Å². The molecular weight excluding hydrogens is 250 g/mol. The van der Waals surface area contributed by atoms with E-state index in [2.05, 4.69) is 15.5 Å². The smallest absolute Gasteiger partial charge is 0.138 e. The van der Waals surface area contributed by atoms with Crippen LogP contribution in [-0.2, 0) is 6.54 Å². The first-order valence-corrected chi connectivity index (χ1v) is 6.21. The molecule has 1 heterocycles. The predicted molar refractivity (Wildman–Crippen MR) is 73.1 cm³/mol. The number of anilines is 1. The van der Waals surface area contributed by atoms with Crippen molar-refractivity contribution >= 4 is 17.3 Å². The van der Waals surface area contributed by atoms with Crippen LogP contribution in [-0.4, -0.2) is 16.3 Å². The van der Waals surface area contributed by atoms with Crippen molar-refractivity contribution in [3.8, 4) is 5.75 Å². The van der Waals surface area contributed by atoms with Gasteiger partial charge in [0.1, 0.15) is 5.75 Å². The van der Waals surface area contributed by atoms with Gasteiger partial charge in [0.25, 0.3) is 0 Å². The van der Waals surface area contributed by atoms with Crippen LogP contribution in [0.3, 0.4) is 0 Å². The Hall–Kier alpha value is -1.68. The number of nitrogens with zero attached hydrogens (tertiary/aromatic N) is 1. The maximum absolute atomic E-state index is 6.15.